The summed E-state index contributed by atoms with van der Waals surface area (Å²) in [7, 11) is 1.88. The van der Waals surface area contributed by atoms with Gasteiger partial charge in [-0.05, 0) is 43.7 Å². The van der Waals surface area contributed by atoms with Gasteiger partial charge < -0.3 is 4.90 Å². The van der Waals surface area contributed by atoms with E-state index in [2.05, 4.69) is 6.92 Å². The van der Waals surface area contributed by atoms with E-state index in [1.54, 1.807) is 18.2 Å². The molecule has 1 amide bonds. The lowest BCUT2D eigenvalue weighted by molar-refractivity contribution is -0.129. The minimum Gasteiger partial charge on any atom is -0.342 e. The summed E-state index contributed by atoms with van der Waals surface area (Å²) in [5, 5.41) is 0. The number of carbonyl (C=O) groups excluding carboxylic acids is 1. The van der Waals surface area contributed by atoms with Gasteiger partial charge in [0.15, 0.2) is 0 Å². The molecule has 0 atom stereocenters. The van der Waals surface area contributed by atoms with E-state index in [4.69, 9.17) is 0 Å². The van der Waals surface area contributed by atoms with Crippen molar-refractivity contribution in [2.24, 2.45) is 5.92 Å². The molecule has 0 aliphatic heterocycles. The minimum atomic E-state index is -0.251. The highest BCUT2D eigenvalue weighted by atomic mass is 32.2. The average molecular weight is 295 g/mol. The van der Waals surface area contributed by atoms with E-state index in [9.17, 15) is 9.18 Å². The van der Waals surface area contributed by atoms with Crippen LogP contribution in [0.15, 0.2) is 29.2 Å². The van der Waals surface area contributed by atoms with Gasteiger partial charge in [0.05, 0.1) is 5.75 Å². The number of hydrogen-bond donors (Lipinski definition) is 0. The Balaban J connectivity index is 1.84. The van der Waals surface area contributed by atoms with Crippen LogP contribution in [0.1, 0.15) is 32.6 Å². The van der Waals surface area contributed by atoms with E-state index < -0.39 is 0 Å². The maximum Gasteiger partial charge on any atom is 0.232 e. The zero-order valence-electron chi connectivity index (χ0n) is 12.1. The number of halogens is 1. The first-order valence-corrected chi connectivity index (χ1v) is 8.19. The first-order valence-electron chi connectivity index (χ1n) is 7.21. The molecule has 4 heteroatoms. The van der Waals surface area contributed by atoms with Crippen LogP contribution >= 0.6 is 11.8 Å². The molecule has 0 spiro atoms. The Morgan fingerprint density at radius 1 is 1.30 bits per heavy atom. The van der Waals surface area contributed by atoms with Gasteiger partial charge in [-0.25, -0.2) is 4.39 Å². The van der Waals surface area contributed by atoms with Crippen molar-refractivity contribution in [3.63, 3.8) is 0 Å². The third-order valence-electron chi connectivity index (χ3n) is 4.11. The Labute approximate surface area is 124 Å². The molecule has 1 saturated carbocycles. The molecule has 20 heavy (non-hydrogen) atoms. The van der Waals surface area contributed by atoms with Gasteiger partial charge in [-0.1, -0.05) is 19.1 Å². The summed E-state index contributed by atoms with van der Waals surface area (Å²) in [5.41, 5.74) is 0. The predicted molar refractivity (Wildman–Crippen MR) is 81.3 cm³/mol. The Morgan fingerprint density at radius 3 is 2.60 bits per heavy atom. The number of nitrogens with zero attached hydrogens (tertiary/aromatic N) is 1. The van der Waals surface area contributed by atoms with Crippen molar-refractivity contribution in [1.29, 1.82) is 0 Å². The number of rotatable bonds is 4. The first-order chi connectivity index (χ1) is 9.58. The van der Waals surface area contributed by atoms with Crippen LogP contribution in [-0.2, 0) is 4.79 Å². The molecule has 1 aromatic rings. The normalized spacial score (nSPS) is 22.6. The van der Waals surface area contributed by atoms with E-state index in [1.165, 1.54) is 30.7 Å². The molecule has 0 aromatic heterocycles. The second kappa shape index (κ2) is 7.11. The highest BCUT2D eigenvalue weighted by molar-refractivity contribution is 8.00. The molecule has 0 bridgehead atoms. The fraction of sp³-hybridized carbons (Fsp3) is 0.562. The lowest BCUT2D eigenvalue weighted by Crippen LogP contribution is -2.40. The van der Waals surface area contributed by atoms with Crippen molar-refractivity contribution in [3.05, 3.63) is 30.1 Å². The van der Waals surface area contributed by atoms with Crippen molar-refractivity contribution in [2.75, 3.05) is 12.8 Å². The van der Waals surface area contributed by atoms with Crippen LogP contribution in [0.2, 0.25) is 0 Å². The molecule has 0 N–H and O–H groups in total. The maximum absolute atomic E-state index is 13.5. The van der Waals surface area contributed by atoms with Gasteiger partial charge in [-0.15, -0.1) is 11.8 Å². The Hall–Kier alpha value is -1.03. The van der Waals surface area contributed by atoms with Crippen LogP contribution < -0.4 is 0 Å². The molecule has 2 nitrogen and oxygen atoms in total. The molecular formula is C16H22FNOS. The number of benzene rings is 1. The van der Waals surface area contributed by atoms with Crippen molar-refractivity contribution in [2.45, 2.75) is 43.5 Å². The molecule has 1 aromatic carbocycles. The van der Waals surface area contributed by atoms with Gasteiger partial charge in [0.25, 0.3) is 0 Å². The second-order valence-electron chi connectivity index (χ2n) is 5.64. The molecular weight excluding hydrogens is 273 g/mol. The van der Waals surface area contributed by atoms with Crippen molar-refractivity contribution in [3.8, 4) is 0 Å². The first kappa shape index (κ1) is 15.4. The van der Waals surface area contributed by atoms with Crippen molar-refractivity contribution in [1.82, 2.24) is 4.90 Å². The lowest BCUT2D eigenvalue weighted by Gasteiger charge is -2.33. The van der Waals surface area contributed by atoms with Crippen LogP contribution in [0, 0.1) is 11.7 Å². The molecule has 1 fully saturated rings. The van der Waals surface area contributed by atoms with E-state index in [1.807, 2.05) is 11.9 Å². The predicted octanol–water partition coefficient (Wildman–Crippen LogP) is 3.95. The third-order valence-corrected chi connectivity index (χ3v) is 5.15. The molecule has 0 saturated heterocycles. The quantitative estimate of drug-likeness (QED) is 0.784. The molecule has 110 valence electrons. The van der Waals surface area contributed by atoms with Gasteiger partial charge >= 0.3 is 0 Å². The molecule has 0 heterocycles. The summed E-state index contributed by atoms with van der Waals surface area (Å²) in [6, 6.07) is 6.97. The highest BCUT2D eigenvalue weighted by Gasteiger charge is 2.24. The molecule has 0 unspecified atom stereocenters. The van der Waals surface area contributed by atoms with E-state index in [0.29, 0.717) is 16.7 Å². The van der Waals surface area contributed by atoms with Crippen LogP contribution in [0.25, 0.3) is 0 Å². The third kappa shape index (κ3) is 3.98. The van der Waals surface area contributed by atoms with Gasteiger partial charge in [-0.3, -0.25) is 4.79 Å². The SMILES string of the molecule is CC1CCC(N(C)C(=O)CSc2ccccc2F)CC1. The smallest absolute Gasteiger partial charge is 0.232 e. The second-order valence-corrected chi connectivity index (χ2v) is 6.65. The van der Waals surface area contributed by atoms with Gasteiger partial charge in [0, 0.05) is 18.0 Å². The fourth-order valence-corrected chi connectivity index (χ4v) is 3.50. The number of thioether (sulfide) groups is 1. The zero-order chi connectivity index (χ0) is 14.5. The Kier molecular flexibility index (Phi) is 5.46. The van der Waals surface area contributed by atoms with Crippen molar-refractivity contribution < 1.29 is 9.18 Å². The number of amides is 1. The van der Waals surface area contributed by atoms with Gasteiger partial charge in [-0.2, -0.15) is 0 Å². The summed E-state index contributed by atoms with van der Waals surface area (Å²) >= 11 is 1.28. The largest absolute Gasteiger partial charge is 0.342 e. The summed E-state index contributed by atoms with van der Waals surface area (Å²) in [6.07, 6.45) is 4.58. The van der Waals surface area contributed by atoms with Crippen molar-refractivity contribution >= 4 is 17.7 Å². The average Bonchev–Trinajstić information content (AvgIpc) is 2.46. The standard InChI is InChI=1S/C16H22FNOS/c1-12-7-9-13(10-8-12)18(2)16(19)11-20-15-6-4-3-5-14(15)17/h3-6,12-13H,7-11H2,1-2H3. The monoisotopic (exact) mass is 295 g/mol. The van der Waals surface area contributed by atoms with Crippen LogP contribution in [0.3, 0.4) is 0 Å². The Bertz CT molecular complexity index is 458. The van der Waals surface area contributed by atoms with Crippen LogP contribution in [0.4, 0.5) is 4.39 Å². The lowest BCUT2D eigenvalue weighted by atomic mass is 9.87. The summed E-state index contributed by atoms with van der Waals surface area (Å²) < 4.78 is 13.5. The van der Waals surface area contributed by atoms with Gasteiger partial charge in [0.2, 0.25) is 5.91 Å². The number of carbonyl (C=O) groups is 1. The highest BCUT2D eigenvalue weighted by Crippen LogP contribution is 2.27. The topological polar surface area (TPSA) is 20.3 Å². The minimum absolute atomic E-state index is 0.0952. The summed E-state index contributed by atoms with van der Waals surface area (Å²) in [5.74, 6) is 0.934. The van der Waals surface area contributed by atoms with Gasteiger partial charge in [0.1, 0.15) is 5.82 Å². The fourth-order valence-electron chi connectivity index (χ4n) is 2.64. The van der Waals surface area contributed by atoms with E-state index in [0.717, 1.165) is 18.8 Å². The number of hydrogen-bond acceptors (Lipinski definition) is 2. The maximum atomic E-state index is 13.5. The van der Waals surface area contributed by atoms with E-state index >= 15 is 0 Å². The summed E-state index contributed by atoms with van der Waals surface area (Å²) in [4.78, 5) is 14.6. The van der Waals surface area contributed by atoms with Crippen LogP contribution in [0.5, 0.6) is 0 Å². The Morgan fingerprint density at radius 2 is 1.95 bits per heavy atom. The summed E-state index contributed by atoms with van der Waals surface area (Å²) in [6.45, 7) is 2.27. The zero-order valence-corrected chi connectivity index (χ0v) is 13.0. The molecule has 1 aliphatic carbocycles. The molecule has 2 rings (SSSR count). The van der Waals surface area contributed by atoms with E-state index in [-0.39, 0.29) is 11.7 Å². The molecule has 1 aliphatic rings. The van der Waals surface area contributed by atoms with Crippen LogP contribution in [-0.4, -0.2) is 29.6 Å². The molecule has 0 radical (unpaired) electrons.